The van der Waals surface area contributed by atoms with Gasteiger partial charge in [-0.1, -0.05) is 56.8 Å². The molecule has 0 saturated heterocycles. The quantitative estimate of drug-likeness (QED) is 0.303. The van der Waals surface area contributed by atoms with E-state index < -0.39 is 5.97 Å². The third-order valence-corrected chi connectivity index (χ3v) is 6.99. The van der Waals surface area contributed by atoms with Crippen LogP contribution >= 0.6 is 11.6 Å². The number of benzene rings is 2. The largest absolute Gasteiger partial charge is 0.464 e. The number of anilines is 3. The number of methoxy groups -OCH3 is 1. The molecule has 0 aliphatic heterocycles. The molecule has 1 heterocycles. The van der Waals surface area contributed by atoms with Crippen LogP contribution in [0.4, 0.5) is 21.9 Å². The van der Waals surface area contributed by atoms with Gasteiger partial charge in [-0.15, -0.1) is 0 Å². The van der Waals surface area contributed by atoms with Crippen LogP contribution in [0.1, 0.15) is 56.4 Å². The van der Waals surface area contributed by atoms with Crippen molar-refractivity contribution in [2.75, 3.05) is 29.2 Å². The molecule has 1 aliphatic carbocycles. The molecule has 196 valence electrons. The van der Waals surface area contributed by atoms with Crippen molar-refractivity contribution in [2.24, 2.45) is 5.92 Å². The highest BCUT2D eigenvalue weighted by atomic mass is 35.5. The van der Waals surface area contributed by atoms with E-state index in [1.165, 1.54) is 26.4 Å². The topological polar surface area (TPSA) is 75.6 Å². The maximum Gasteiger partial charge on any atom is 0.355 e. The van der Waals surface area contributed by atoms with Crippen molar-refractivity contribution in [3.8, 4) is 5.69 Å². The van der Waals surface area contributed by atoms with Crippen molar-refractivity contribution in [2.45, 2.75) is 52.0 Å². The van der Waals surface area contributed by atoms with Crippen molar-refractivity contribution in [3.05, 3.63) is 71.5 Å². The van der Waals surface area contributed by atoms with E-state index in [9.17, 15) is 9.59 Å². The zero-order valence-electron chi connectivity index (χ0n) is 21.7. The summed E-state index contributed by atoms with van der Waals surface area (Å²) in [5, 5.41) is 6.38. The van der Waals surface area contributed by atoms with Crippen molar-refractivity contribution < 1.29 is 14.3 Å². The molecule has 1 fully saturated rings. The number of carbonyl (C=O) groups is 2. The van der Waals surface area contributed by atoms with Crippen LogP contribution in [0.25, 0.3) is 5.69 Å². The van der Waals surface area contributed by atoms with Gasteiger partial charge in [-0.3, -0.25) is 0 Å². The zero-order valence-corrected chi connectivity index (χ0v) is 22.4. The fourth-order valence-electron chi connectivity index (χ4n) is 4.97. The first-order valence-electron chi connectivity index (χ1n) is 12.9. The number of amides is 2. The second-order valence-corrected chi connectivity index (χ2v) is 10.3. The fraction of sp³-hybridized carbons (Fsp3) is 0.379. The molecule has 7 nitrogen and oxygen atoms in total. The zero-order chi connectivity index (χ0) is 26.4. The number of para-hydroxylation sites is 1. The van der Waals surface area contributed by atoms with Crippen LogP contribution in [0, 0.1) is 5.92 Å². The van der Waals surface area contributed by atoms with E-state index in [-0.39, 0.29) is 6.03 Å². The molecule has 0 spiro atoms. The van der Waals surface area contributed by atoms with Crippen LogP contribution in [0.5, 0.6) is 0 Å². The first kappa shape index (κ1) is 26.6. The second kappa shape index (κ2) is 12.2. The highest BCUT2D eigenvalue weighted by molar-refractivity contribution is 6.33. The van der Waals surface area contributed by atoms with Gasteiger partial charge in [0.25, 0.3) is 0 Å². The lowest BCUT2D eigenvalue weighted by Gasteiger charge is -2.38. The highest BCUT2D eigenvalue weighted by Crippen LogP contribution is 2.35. The lowest BCUT2D eigenvalue weighted by Crippen LogP contribution is -2.40. The number of nitrogens with one attached hydrogen (secondary N) is 2. The van der Waals surface area contributed by atoms with Crippen LogP contribution in [0.15, 0.2) is 60.8 Å². The fourth-order valence-corrected chi connectivity index (χ4v) is 5.15. The Labute approximate surface area is 223 Å². The second-order valence-electron chi connectivity index (χ2n) is 9.85. The Kier molecular flexibility index (Phi) is 8.77. The number of esters is 1. The van der Waals surface area contributed by atoms with Gasteiger partial charge in [-0.05, 0) is 61.2 Å². The van der Waals surface area contributed by atoms with E-state index in [1.54, 1.807) is 28.8 Å². The average Bonchev–Trinajstić information content (AvgIpc) is 3.39. The SMILES string of the molecule is COC(=O)c1cccn1-c1ccc(N(CC(C)C)C2CCCCC2)c(NC(=O)Nc2ccccc2Cl)c1. The number of nitrogens with zero attached hydrogens (tertiary/aromatic N) is 2. The van der Waals surface area contributed by atoms with Crippen molar-refractivity contribution >= 4 is 40.7 Å². The Morgan fingerprint density at radius 2 is 1.76 bits per heavy atom. The summed E-state index contributed by atoms with van der Waals surface area (Å²) in [5.74, 6) is 0.0190. The van der Waals surface area contributed by atoms with Gasteiger partial charge in [0.1, 0.15) is 5.69 Å². The minimum Gasteiger partial charge on any atom is -0.464 e. The van der Waals surface area contributed by atoms with Crippen LogP contribution < -0.4 is 15.5 Å². The van der Waals surface area contributed by atoms with E-state index in [4.69, 9.17) is 16.3 Å². The first-order chi connectivity index (χ1) is 17.9. The minimum absolute atomic E-state index is 0.389. The standard InChI is InChI=1S/C29H35ClN4O3/c1-20(2)19-34(21-10-5-4-6-11-21)26-16-15-22(33-17-9-14-27(33)28(35)37-3)18-25(26)32-29(36)31-24-13-8-7-12-23(24)30/h7-9,12-18,20-21H,4-6,10-11,19H2,1-3H3,(H2,31,32,36). The minimum atomic E-state index is -0.427. The molecular weight excluding hydrogens is 488 g/mol. The first-order valence-corrected chi connectivity index (χ1v) is 13.2. The number of aromatic nitrogens is 1. The van der Waals surface area contributed by atoms with Gasteiger partial charge in [0.2, 0.25) is 0 Å². The summed E-state index contributed by atoms with van der Waals surface area (Å²) in [7, 11) is 1.36. The number of halogens is 1. The van der Waals surface area contributed by atoms with Crippen LogP contribution in [-0.4, -0.2) is 36.3 Å². The van der Waals surface area contributed by atoms with Crippen LogP contribution in [0.3, 0.4) is 0 Å². The maximum atomic E-state index is 13.1. The molecule has 0 radical (unpaired) electrons. The van der Waals surface area contributed by atoms with Gasteiger partial charge in [-0.25, -0.2) is 9.59 Å². The third-order valence-electron chi connectivity index (χ3n) is 6.66. The molecule has 0 unspecified atom stereocenters. The van der Waals surface area contributed by atoms with Crippen molar-refractivity contribution in [1.82, 2.24) is 4.57 Å². The lowest BCUT2D eigenvalue weighted by atomic mass is 9.93. The van der Waals surface area contributed by atoms with E-state index in [0.717, 1.165) is 30.8 Å². The molecule has 37 heavy (non-hydrogen) atoms. The van der Waals surface area contributed by atoms with E-state index in [2.05, 4.69) is 29.4 Å². The Morgan fingerprint density at radius 3 is 2.46 bits per heavy atom. The molecule has 0 bridgehead atoms. The summed E-state index contributed by atoms with van der Waals surface area (Å²) in [5.41, 5.74) is 3.32. The Balaban J connectivity index is 1.74. The van der Waals surface area contributed by atoms with E-state index in [0.29, 0.717) is 34.1 Å². The smallest absolute Gasteiger partial charge is 0.355 e. The summed E-state index contributed by atoms with van der Waals surface area (Å²) >= 11 is 6.27. The van der Waals surface area contributed by atoms with Gasteiger partial charge in [0, 0.05) is 24.5 Å². The van der Waals surface area contributed by atoms with Gasteiger partial charge >= 0.3 is 12.0 Å². The molecule has 2 aromatic carbocycles. The van der Waals surface area contributed by atoms with Crippen LogP contribution in [-0.2, 0) is 4.74 Å². The number of ether oxygens (including phenoxy) is 1. The molecule has 1 aromatic heterocycles. The molecule has 1 aliphatic rings. The predicted molar refractivity (Wildman–Crippen MR) is 150 cm³/mol. The summed E-state index contributed by atoms with van der Waals surface area (Å²) < 4.78 is 6.72. The van der Waals surface area contributed by atoms with Crippen LogP contribution in [0.2, 0.25) is 5.02 Å². The Bertz CT molecular complexity index is 1230. The molecule has 3 aromatic rings. The van der Waals surface area contributed by atoms with Crippen molar-refractivity contribution in [1.29, 1.82) is 0 Å². The highest BCUT2D eigenvalue weighted by Gasteiger charge is 2.25. The van der Waals surface area contributed by atoms with Crippen molar-refractivity contribution in [3.63, 3.8) is 0 Å². The number of hydrogen-bond donors (Lipinski definition) is 2. The predicted octanol–water partition coefficient (Wildman–Crippen LogP) is 7.36. The molecular formula is C29H35ClN4O3. The van der Waals surface area contributed by atoms with E-state index in [1.807, 2.05) is 36.5 Å². The number of urea groups is 1. The average molecular weight is 523 g/mol. The van der Waals surface area contributed by atoms with Gasteiger partial charge in [0.15, 0.2) is 0 Å². The molecule has 2 amide bonds. The number of carbonyl (C=O) groups excluding carboxylic acids is 2. The Morgan fingerprint density at radius 1 is 1.03 bits per heavy atom. The van der Waals surface area contributed by atoms with E-state index >= 15 is 0 Å². The number of hydrogen-bond acceptors (Lipinski definition) is 4. The lowest BCUT2D eigenvalue weighted by molar-refractivity contribution is 0.0591. The normalized spacial score (nSPS) is 13.9. The summed E-state index contributed by atoms with van der Waals surface area (Å²) in [6, 6.07) is 16.6. The Hall–Kier alpha value is -3.45. The monoisotopic (exact) mass is 522 g/mol. The summed E-state index contributed by atoms with van der Waals surface area (Å²) in [6.07, 6.45) is 7.74. The van der Waals surface area contributed by atoms with Gasteiger partial charge < -0.3 is 24.8 Å². The molecule has 1 saturated carbocycles. The molecule has 0 atom stereocenters. The molecule has 4 rings (SSSR count). The summed E-state index contributed by atoms with van der Waals surface area (Å²) in [6.45, 7) is 5.30. The van der Waals surface area contributed by atoms with Gasteiger partial charge in [0.05, 0.1) is 29.2 Å². The van der Waals surface area contributed by atoms with Gasteiger partial charge in [-0.2, -0.15) is 0 Å². The maximum absolute atomic E-state index is 13.1. The third kappa shape index (κ3) is 6.46. The summed E-state index contributed by atoms with van der Waals surface area (Å²) in [4.78, 5) is 27.9. The molecule has 2 N–H and O–H groups in total. The number of rotatable bonds is 8. The molecule has 8 heteroatoms.